The number of carbonyl (C=O) groups excluding carboxylic acids is 4. The van der Waals surface area contributed by atoms with E-state index in [4.69, 9.17) is 22.7 Å². The van der Waals surface area contributed by atoms with Crippen LogP contribution >= 0.6 is 24.0 Å². The van der Waals surface area contributed by atoms with E-state index in [-0.39, 0.29) is 60.1 Å². The molecule has 0 spiro atoms. The summed E-state index contributed by atoms with van der Waals surface area (Å²) in [4.78, 5) is 62.6. The van der Waals surface area contributed by atoms with Gasteiger partial charge in [-0.1, -0.05) is 6.92 Å². The predicted molar refractivity (Wildman–Crippen MR) is 196 cm³/mol. The molecule has 49 heavy (non-hydrogen) atoms. The van der Waals surface area contributed by atoms with Crippen LogP contribution in [0.5, 0.6) is 0 Å². The van der Waals surface area contributed by atoms with Gasteiger partial charge >= 0.3 is 0 Å². The second kappa shape index (κ2) is 17.3. The lowest BCUT2D eigenvalue weighted by molar-refractivity contribution is 0.0947. The highest BCUT2D eigenvalue weighted by Crippen LogP contribution is 2.25. The summed E-state index contributed by atoms with van der Waals surface area (Å²) >= 11 is 5.94. The van der Waals surface area contributed by atoms with Gasteiger partial charge in [0.15, 0.2) is 0 Å². The van der Waals surface area contributed by atoms with Crippen molar-refractivity contribution < 1.29 is 19.2 Å². The molecule has 0 unspecified atom stereocenters. The first-order chi connectivity index (χ1) is 22.9. The van der Waals surface area contributed by atoms with Crippen LogP contribution < -0.4 is 31.9 Å². The normalized spacial score (nSPS) is 10.6. The van der Waals surface area contributed by atoms with Gasteiger partial charge in [-0.2, -0.15) is 0 Å². The number of benzene rings is 1. The number of amidine groups is 1. The number of alkyl halides is 1. The van der Waals surface area contributed by atoms with Crippen molar-refractivity contribution in [1.82, 2.24) is 20.3 Å². The Bertz CT molecular complexity index is 1800. The maximum atomic E-state index is 13.2. The highest BCUT2D eigenvalue weighted by Gasteiger charge is 2.22. The highest BCUT2D eigenvalue weighted by molar-refractivity contribution is 6.18. The van der Waals surface area contributed by atoms with Gasteiger partial charge in [-0.3, -0.25) is 24.6 Å². The van der Waals surface area contributed by atoms with Crippen molar-refractivity contribution in [2.45, 2.75) is 40.5 Å². The third kappa shape index (κ3) is 9.24. The summed E-state index contributed by atoms with van der Waals surface area (Å²) in [6.45, 7) is 8.99. The molecular weight excluding hydrogens is 671 g/mol. The van der Waals surface area contributed by atoms with Crippen LogP contribution in [0.1, 0.15) is 78.3 Å². The largest absolute Gasteiger partial charge is 0.388 e. The van der Waals surface area contributed by atoms with Crippen molar-refractivity contribution in [1.29, 1.82) is 5.41 Å². The predicted octanol–water partition coefficient (Wildman–Crippen LogP) is 5.29. The maximum Gasteiger partial charge on any atom is 0.272 e. The fourth-order valence-corrected chi connectivity index (χ4v) is 5.32. The Balaban J connectivity index is 0.00000650. The Labute approximate surface area is 295 Å². The molecule has 0 fully saturated rings. The van der Waals surface area contributed by atoms with Crippen LogP contribution in [0.25, 0.3) is 0 Å². The van der Waals surface area contributed by atoms with E-state index in [1.807, 2.05) is 12.1 Å². The number of hydrogen-bond acceptors (Lipinski definition) is 6. The van der Waals surface area contributed by atoms with Crippen molar-refractivity contribution in [3.8, 4) is 0 Å². The van der Waals surface area contributed by atoms with Gasteiger partial charge in [-0.15, -0.1) is 24.0 Å². The van der Waals surface area contributed by atoms with Gasteiger partial charge < -0.3 is 46.9 Å². The molecule has 3 heterocycles. The fourth-order valence-electron chi connectivity index (χ4n) is 5.11. The van der Waals surface area contributed by atoms with Gasteiger partial charge in [0.1, 0.15) is 17.1 Å². The van der Waals surface area contributed by atoms with E-state index in [2.05, 4.69) is 48.0 Å². The molecule has 3 aromatic heterocycles. The molecule has 16 heteroatoms. The van der Waals surface area contributed by atoms with Gasteiger partial charge in [0.25, 0.3) is 23.6 Å². The summed E-state index contributed by atoms with van der Waals surface area (Å²) in [5, 5.41) is 18.4. The zero-order valence-electron chi connectivity index (χ0n) is 27.7. The van der Waals surface area contributed by atoms with Crippen LogP contribution in [-0.4, -0.2) is 69.9 Å². The fraction of sp³-hybridized carbons (Fsp3) is 0.303. The first kappa shape index (κ1) is 38.2. The minimum absolute atomic E-state index is 0. The average molecular weight is 714 g/mol. The standard InChI is InChI=1S/C33H41ClN10O4.ClH/c1-5-13-44(14-11-34)22-8-6-21(7-9-22)30(45)41-23-15-39-28(19(23)3)32(47)43-25-17-40-29(20(25)4)33(48)42-24-16-38-27(18(24)2)31(46)37-12-10-26(35)36;/h6-9,15-17,38-40H,5,10-14H2,1-4H3,(H3,35,36)(H,37,46)(H,41,45)(H,42,48)(H,43,47);1H. The molecule has 4 aromatic rings. The quantitative estimate of drug-likeness (QED) is 0.0453. The molecule has 0 bridgehead atoms. The number of rotatable bonds is 15. The second-order valence-corrected chi connectivity index (χ2v) is 11.6. The zero-order chi connectivity index (χ0) is 35.0. The van der Waals surface area contributed by atoms with E-state index in [1.165, 1.54) is 12.4 Å². The lowest BCUT2D eigenvalue weighted by Gasteiger charge is -2.23. The third-order valence-electron chi connectivity index (χ3n) is 7.87. The SMILES string of the molecule is CCCN(CCCl)c1ccc(C(=O)Nc2c[nH]c(C(=O)Nc3c[nH]c(C(=O)Nc4c[nH]c(C(=O)NCCC(=N)N)c4C)c3C)c2C)cc1.Cl. The van der Waals surface area contributed by atoms with E-state index in [0.29, 0.717) is 51.7 Å². The smallest absolute Gasteiger partial charge is 0.272 e. The number of H-pyrrole nitrogens is 3. The number of carbonyl (C=O) groups is 4. The van der Waals surface area contributed by atoms with Crippen LogP contribution in [0.2, 0.25) is 0 Å². The summed E-state index contributed by atoms with van der Waals surface area (Å²) in [7, 11) is 0. The summed E-state index contributed by atoms with van der Waals surface area (Å²) in [6, 6.07) is 7.30. The van der Waals surface area contributed by atoms with Crippen molar-refractivity contribution in [2.75, 3.05) is 46.4 Å². The van der Waals surface area contributed by atoms with E-state index in [1.54, 1.807) is 39.1 Å². The molecule has 0 aliphatic carbocycles. The molecule has 0 radical (unpaired) electrons. The maximum absolute atomic E-state index is 13.2. The Morgan fingerprint density at radius 2 is 1.20 bits per heavy atom. The number of nitrogens with one attached hydrogen (secondary N) is 8. The molecule has 0 atom stereocenters. The molecule has 4 rings (SSSR count). The number of halogens is 2. The molecule has 14 nitrogen and oxygen atoms in total. The third-order valence-corrected chi connectivity index (χ3v) is 8.04. The van der Waals surface area contributed by atoms with Gasteiger partial charge in [0.2, 0.25) is 0 Å². The summed E-state index contributed by atoms with van der Waals surface area (Å²) in [6.07, 6.45) is 5.78. The number of anilines is 4. The van der Waals surface area contributed by atoms with Crippen molar-refractivity contribution in [3.05, 3.63) is 82.2 Å². The van der Waals surface area contributed by atoms with Gasteiger partial charge in [0, 0.05) is 78.5 Å². The molecule has 0 aliphatic heterocycles. The number of aromatic amines is 3. The molecule has 262 valence electrons. The highest BCUT2D eigenvalue weighted by atomic mass is 35.5. The topological polar surface area (TPSA) is 217 Å². The summed E-state index contributed by atoms with van der Waals surface area (Å²) < 4.78 is 0. The molecule has 0 aliphatic rings. The zero-order valence-corrected chi connectivity index (χ0v) is 29.3. The molecule has 0 saturated carbocycles. The first-order valence-corrected chi connectivity index (χ1v) is 16.0. The lowest BCUT2D eigenvalue weighted by atomic mass is 10.1. The minimum Gasteiger partial charge on any atom is -0.388 e. The Hall–Kier alpha value is -5.21. The number of amides is 4. The van der Waals surface area contributed by atoms with Crippen molar-refractivity contribution >= 4 is 76.2 Å². The van der Waals surface area contributed by atoms with Crippen LogP contribution in [0, 0.1) is 26.2 Å². The average Bonchev–Trinajstić information content (AvgIpc) is 3.73. The van der Waals surface area contributed by atoms with Crippen molar-refractivity contribution in [2.24, 2.45) is 5.73 Å². The number of nitrogens with zero attached hydrogens (tertiary/aromatic N) is 1. The van der Waals surface area contributed by atoms with Crippen LogP contribution in [0.3, 0.4) is 0 Å². The van der Waals surface area contributed by atoms with Crippen LogP contribution in [-0.2, 0) is 0 Å². The molecule has 4 amide bonds. The van der Waals surface area contributed by atoms with E-state index in [0.717, 1.165) is 18.7 Å². The van der Waals surface area contributed by atoms with Crippen molar-refractivity contribution in [3.63, 3.8) is 0 Å². The molecular formula is C33H42Cl2N10O4. The van der Waals surface area contributed by atoms with E-state index < -0.39 is 11.8 Å². The summed E-state index contributed by atoms with van der Waals surface area (Å²) in [5.74, 6) is -1.15. The van der Waals surface area contributed by atoms with Gasteiger partial charge in [-0.05, 0) is 51.5 Å². The van der Waals surface area contributed by atoms with Gasteiger partial charge in [0.05, 0.1) is 22.9 Å². The second-order valence-electron chi connectivity index (χ2n) is 11.2. The van der Waals surface area contributed by atoms with Crippen LogP contribution in [0.15, 0.2) is 42.9 Å². The Morgan fingerprint density at radius 3 is 1.63 bits per heavy atom. The number of nitrogens with two attached hydrogens (primary N) is 1. The number of hydrogen-bond donors (Lipinski definition) is 9. The molecule has 1 aromatic carbocycles. The lowest BCUT2D eigenvalue weighted by Crippen LogP contribution is -2.28. The Kier molecular flexibility index (Phi) is 13.5. The molecule has 0 saturated heterocycles. The summed E-state index contributed by atoms with van der Waals surface area (Å²) in [5.41, 5.74) is 10.4. The monoisotopic (exact) mass is 712 g/mol. The molecule has 10 N–H and O–H groups in total. The first-order valence-electron chi connectivity index (χ1n) is 15.4. The van der Waals surface area contributed by atoms with E-state index in [9.17, 15) is 19.2 Å². The number of aromatic nitrogens is 3. The minimum atomic E-state index is -0.468. The Morgan fingerprint density at radius 1 is 0.755 bits per heavy atom. The van der Waals surface area contributed by atoms with Gasteiger partial charge in [-0.25, -0.2) is 0 Å². The van der Waals surface area contributed by atoms with Crippen LogP contribution in [0.4, 0.5) is 22.7 Å². The van der Waals surface area contributed by atoms with E-state index >= 15 is 0 Å².